The molecule has 17 heavy (non-hydrogen) atoms. The summed E-state index contributed by atoms with van der Waals surface area (Å²) in [7, 11) is 3.74. The van der Waals surface area contributed by atoms with Gasteiger partial charge in [0.15, 0.2) is 0 Å². The van der Waals surface area contributed by atoms with E-state index in [0.29, 0.717) is 0 Å². The molecule has 2 nitrogen and oxygen atoms in total. The third-order valence-electron chi connectivity index (χ3n) is 3.14. The van der Waals surface area contributed by atoms with Gasteiger partial charge >= 0.3 is 0 Å². The molecule has 2 heteroatoms. The monoisotopic (exact) mass is 235 g/mol. The lowest BCUT2D eigenvalue weighted by Gasteiger charge is -2.16. The van der Waals surface area contributed by atoms with Crippen LogP contribution in [0, 0.1) is 5.92 Å². The van der Waals surface area contributed by atoms with Gasteiger partial charge in [-0.25, -0.2) is 0 Å². The number of nitrogens with one attached hydrogen (secondary N) is 1. The summed E-state index contributed by atoms with van der Waals surface area (Å²) in [5.41, 5.74) is 1.40. The van der Waals surface area contributed by atoms with Gasteiger partial charge < -0.3 is 10.1 Å². The zero-order valence-electron chi connectivity index (χ0n) is 11.3. The van der Waals surface area contributed by atoms with Gasteiger partial charge in [-0.05, 0) is 50.0 Å². The second kappa shape index (κ2) is 8.13. The van der Waals surface area contributed by atoms with E-state index in [1.54, 1.807) is 7.11 Å². The molecule has 1 aromatic rings. The number of rotatable bonds is 8. The highest BCUT2D eigenvalue weighted by molar-refractivity contribution is 5.27. The highest BCUT2D eigenvalue weighted by Crippen LogP contribution is 2.17. The lowest BCUT2D eigenvalue weighted by atomic mass is 9.94. The number of unbranched alkanes of at least 4 members (excludes halogenated alkanes) is 1. The van der Waals surface area contributed by atoms with Crippen molar-refractivity contribution in [2.75, 3.05) is 20.7 Å². The van der Waals surface area contributed by atoms with E-state index >= 15 is 0 Å². The molecule has 0 aliphatic carbocycles. The van der Waals surface area contributed by atoms with Crippen LogP contribution in [0.1, 0.15) is 31.7 Å². The minimum atomic E-state index is 0.744. The third-order valence-corrected chi connectivity index (χ3v) is 3.14. The molecule has 1 rings (SSSR count). The fourth-order valence-electron chi connectivity index (χ4n) is 2.15. The Morgan fingerprint density at radius 1 is 1.24 bits per heavy atom. The van der Waals surface area contributed by atoms with Crippen LogP contribution in [-0.2, 0) is 6.42 Å². The Bertz CT molecular complexity index is 294. The van der Waals surface area contributed by atoms with Gasteiger partial charge in [0.25, 0.3) is 0 Å². The smallest absolute Gasteiger partial charge is 0.118 e. The van der Waals surface area contributed by atoms with E-state index in [1.165, 1.54) is 24.8 Å². The van der Waals surface area contributed by atoms with Crippen LogP contribution in [0.3, 0.4) is 0 Å². The van der Waals surface area contributed by atoms with Crippen molar-refractivity contribution < 1.29 is 4.74 Å². The molecule has 1 N–H and O–H groups in total. The molecule has 0 aromatic heterocycles. The van der Waals surface area contributed by atoms with E-state index in [9.17, 15) is 0 Å². The molecule has 0 aliphatic heterocycles. The lowest BCUT2D eigenvalue weighted by molar-refractivity contribution is 0.414. The van der Waals surface area contributed by atoms with Gasteiger partial charge in [-0.1, -0.05) is 31.9 Å². The number of ether oxygens (including phenoxy) is 1. The van der Waals surface area contributed by atoms with Crippen molar-refractivity contribution in [3.63, 3.8) is 0 Å². The first kappa shape index (κ1) is 14.0. The molecular weight excluding hydrogens is 210 g/mol. The summed E-state index contributed by atoms with van der Waals surface area (Å²) in [5.74, 6) is 1.68. The van der Waals surface area contributed by atoms with Crippen molar-refractivity contribution in [2.24, 2.45) is 5.92 Å². The molecule has 0 saturated carbocycles. The van der Waals surface area contributed by atoms with Gasteiger partial charge in [-0.15, -0.1) is 0 Å². The molecule has 0 amide bonds. The standard InChI is InChI=1S/C15H25NO/c1-4-5-6-14(12-16-2)11-13-7-9-15(17-3)10-8-13/h7-10,14,16H,4-6,11-12H2,1-3H3. The summed E-state index contributed by atoms with van der Waals surface area (Å²) in [6.45, 7) is 3.36. The third kappa shape index (κ3) is 5.22. The summed E-state index contributed by atoms with van der Waals surface area (Å²) in [6, 6.07) is 8.44. The number of hydrogen-bond donors (Lipinski definition) is 1. The van der Waals surface area contributed by atoms with Crippen LogP contribution in [0.4, 0.5) is 0 Å². The predicted octanol–water partition coefficient (Wildman–Crippen LogP) is 3.26. The largest absolute Gasteiger partial charge is 0.497 e. The van der Waals surface area contributed by atoms with Gasteiger partial charge in [-0.2, -0.15) is 0 Å². The molecule has 0 bridgehead atoms. The predicted molar refractivity (Wildman–Crippen MR) is 73.6 cm³/mol. The average Bonchev–Trinajstić information content (AvgIpc) is 2.37. The maximum atomic E-state index is 5.17. The molecule has 1 aromatic carbocycles. The van der Waals surface area contributed by atoms with Crippen LogP contribution in [0.2, 0.25) is 0 Å². The van der Waals surface area contributed by atoms with Gasteiger partial charge in [0.2, 0.25) is 0 Å². The molecular formula is C15H25NO. The number of hydrogen-bond acceptors (Lipinski definition) is 2. The van der Waals surface area contributed by atoms with E-state index in [4.69, 9.17) is 4.74 Å². The zero-order chi connectivity index (χ0) is 12.5. The molecule has 1 atom stereocenters. The van der Waals surface area contributed by atoms with E-state index in [2.05, 4.69) is 24.4 Å². The molecule has 96 valence electrons. The lowest BCUT2D eigenvalue weighted by Crippen LogP contribution is -2.20. The van der Waals surface area contributed by atoms with E-state index in [1.807, 2.05) is 19.2 Å². The Balaban J connectivity index is 2.51. The van der Waals surface area contributed by atoms with E-state index < -0.39 is 0 Å². The summed E-state index contributed by atoms with van der Waals surface area (Å²) in [5, 5.41) is 3.29. The summed E-state index contributed by atoms with van der Waals surface area (Å²) in [4.78, 5) is 0. The van der Waals surface area contributed by atoms with E-state index in [-0.39, 0.29) is 0 Å². The van der Waals surface area contributed by atoms with Gasteiger partial charge in [0, 0.05) is 0 Å². The molecule has 0 radical (unpaired) electrons. The Morgan fingerprint density at radius 2 is 1.94 bits per heavy atom. The topological polar surface area (TPSA) is 21.3 Å². The summed E-state index contributed by atoms with van der Waals surface area (Å²) < 4.78 is 5.17. The van der Waals surface area contributed by atoms with Crippen molar-refractivity contribution >= 4 is 0 Å². The molecule has 0 aliphatic rings. The molecule has 0 saturated heterocycles. The SMILES string of the molecule is CCCCC(CNC)Cc1ccc(OC)cc1. The van der Waals surface area contributed by atoms with Crippen molar-refractivity contribution in [1.82, 2.24) is 5.32 Å². The number of benzene rings is 1. The van der Waals surface area contributed by atoms with Crippen LogP contribution < -0.4 is 10.1 Å². The van der Waals surface area contributed by atoms with Crippen LogP contribution in [0.25, 0.3) is 0 Å². The van der Waals surface area contributed by atoms with Gasteiger partial charge in [-0.3, -0.25) is 0 Å². The van der Waals surface area contributed by atoms with Crippen molar-refractivity contribution in [2.45, 2.75) is 32.6 Å². The zero-order valence-corrected chi connectivity index (χ0v) is 11.3. The fourth-order valence-corrected chi connectivity index (χ4v) is 2.15. The first-order valence-electron chi connectivity index (χ1n) is 6.57. The minimum Gasteiger partial charge on any atom is -0.497 e. The minimum absolute atomic E-state index is 0.744. The van der Waals surface area contributed by atoms with E-state index in [0.717, 1.165) is 24.6 Å². The van der Waals surface area contributed by atoms with Crippen molar-refractivity contribution in [3.8, 4) is 5.75 Å². The molecule has 0 spiro atoms. The summed E-state index contributed by atoms with van der Waals surface area (Å²) in [6.07, 6.45) is 5.07. The van der Waals surface area contributed by atoms with Gasteiger partial charge in [0.1, 0.15) is 5.75 Å². The normalized spacial score (nSPS) is 12.4. The Labute approximate surface area is 105 Å². The first-order chi connectivity index (χ1) is 8.30. The Kier molecular flexibility index (Phi) is 6.71. The van der Waals surface area contributed by atoms with Crippen molar-refractivity contribution in [1.29, 1.82) is 0 Å². The number of methoxy groups -OCH3 is 1. The average molecular weight is 235 g/mol. The van der Waals surface area contributed by atoms with Crippen molar-refractivity contribution in [3.05, 3.63) is 29.8 Å². The highest BCUT2D eigenvalue weighted by atomic mass is 16.5. The Hall–Kier alpha value is -1.02. The second-order valence-electron chi connectivity index (χ2n) is 4.62. The van der Waals surface area contributed by atoms with Gasteiger partial charge in [0.05, 0.1) is 7.11 Å². The first-order valence-corrected chi connectivity index (χ1v) is 6.57. The van der Waals surface area contributed by atoms with Crippen LogP contribution in [-0.4, -0.2) is 20.7 Å². The highest BCUT2D eigenvalue weighted by Gasteiger charge is 2.08. The quantitative estimate of drug-likeness (QED) is 0.746. The fraction of sp³-hybridized carbons (Fsp3) is 0.600. The van der Waals surface area contributed by atoms with Crippen LogP contribution in [0.15, 0.2) is 24.3 Å². The van der Waals surface area contributed by atoms with Crippen LogP contribution >= 0.6 is 0 Å². The second-order valence-corrected chi connectivity index (χ2v) is 4.62. The maximum absolute atomic E-state index is 5.17. The molecule has 0 heterocycles. The summed E-state index contributed by atoms with van der Waals surface area (Å²) >= 11 is 0. The molecule has 0 fully saturated rings. The maximum Gasteiger partial charge on any atom is 0.118 e. The van der Waals surface area contributed by atoms with Crippen LogP contribution in [0.5, 0.6) is 5.75 Å². The molecule has 1 unspecified atom stereocenters. The Morgan fingerprint density at radius 3 is 2.47 bits per heavy atom.